The molecular formula is C20H23N3O7S. The number of hydrogen-bond acceptors (Lipinski definition) is 7. The van der Waals surface area contributed by atoms with Crippen LogP contribution in [0, 0.1) is 5.92 Å². The van der Waals surface area contributed by atoms with Gasteiger partial charge in [0.25, 0.3) is 5.91 Å². The van der Waals surface area contributed by atoms with E-state index in [1.165, 1.54) is 4.90 Å². The number of rotatable bonds is 5. The third kappa shape index (κ3) is 4.71. The maximum Gasteiger partial charge on any atom is 0.407 e. The molecular weight excluding hydrogens is 426 g/mol. The van der Waals surface area contributed by atoms with Crippen molar-refractivity contribution in [1.29, 1.82) is 0 Å². The molecule has 3 heterocycles. The Morgan fingerprint density at radius 3 is 2.74 bits per heavy atom. The highest BCUT2D eigenvalue weighted by molar-refractivity contribution is 7.91. The van der Waals surface area contributed by atoms with Crippen molar-refractivity contribution in [3.05, 3.63) is 34.9 Å². The molecule has 31 heavy (non-hydrogen) atoms. The van der Waals surface area contributed by atoms with Gasteiger partial charge in [-0.15, -0.1) is 0 Å². The van der Waals surface area contributed by atoms with Crippen molar-refractivity contribution >= 4 is 33.7 Å². The Kier molecular flexibility index (Phi) is 5.69. The van der Waals surface area contributed by atoms with E-state index in [0.29, 0.717) is 30.5 Å². The predicted octanol–water partition coefficient (Wildman–Crippen LogP) is 0.109. The van der Waals surface area contributed by atoms with Crippen LogP contribution in [0.3, 0.4) is 0 Å². The average molecular weight is 449 g/mol. The number of hydrogen-bond donors (Lipinski definition) is 2. The molecule has 1 aromatic rings. The molecule has 0 bridgehead atoms. The zero-order chi connectivity index (χ0) is 22.2. The zero-order valence-electron chi connectivity index (χ0n) is 16.8. The summed E-state index contributed by atoms with van der Waals surface area (Å²) in [5.41, 5.74) is 1.94. The van der Waals surface area contributed by atoms with Crippen molar-refractivity contribution in [1.82, 2.24) is 15.5 Å². The molecule has 0 spiro atoms. The molecule has 2 N–H and O–H groups in total. The van der Waals surface area contributed by atoms with Crippen LogP contribution in [0.25, 0.3) is 0 Å². The molecule has 2 saturated heterocycles. The number of carbonyl (C=O) groups excluding carboxylic acids is 4. The monoisotopic (exact) mass is 449 g/mol. The number of alkyl carbamates (subject to hydrolysis) is 1. The van der Waals surface area contributed by atoms with E-state index in [2.05, 4.69) is 10.6 Å². The predicted molar refractivity (Wildman–Crippen MR) is 107 cm³/mol. The summed E-state index contributed by atoms with van der Waals surface area (Å²) in [6.45, 7) is 0.482. The van der Waals surface area contributed by atoms with Gasteiger partial charge in [0, 0.05) is 31.0 Å². The summed E-state index contributed by atoms with van der Waals surface area (Å²) >= 11 is 0. The summed E-state index contributed by atoms with van der Waals surface area (Å²) in [6, 6.07) is 4.57. The highest BCUT2D eigenvalue weighted by Gasteiger charge is 2.39. The summed E-state index contributed by atoms with van der Waals surface area (Å²) in [5, 5.41) is 4.87. The lowest BCUT2D eigenvalue weighted by atomic mass is 10.0. The van der Waals surface area contributed by atoms with Crippen LogP contribution in [0.2, 0.25) is 0 Å². The molecule has 11 heteroatoms. The van der Waals surface area contributed by atoms with Crippen molar-refractivity contribution in [2.24, 2.45) is 5.92 Å². The van der Waals surface area contributed by atoms with E-state index in [4.69, 9.17) is 4.74 Å². The van der Waals surface area contributed by atoms with Crippen molar-refractivity contribution < 1.29 is 32.3 Å². The smallest absolute Gasteiger partial charge is 0.407 e. The normalized spacial score (nSPS) is 24.6. The second-order valence-electron chi connectivity index (χ2n) is 8.11. The van der Waals surface area contributed by atoms with Crippen LogP contribution in [0.4, 0.5) is 4.79 Å². The Labute approximate surface area is 179 Å². The maximum absolute atomic E-state index is 12.8. The highest BCUT2D eigenvalue weighted by atomic mass is 32.2. The van der Waals surface area contributed by atoms with Gasteiger partial charge in [-0.05, 0) is 30.0 Å². The van der Waals surface area contributed by atoms with Crippen LogP contribution in [0.15, 0.2) is 18.2 Å². The molecule has 0 aliphatic carbocycles. The molecule has 0 aromatic heterocycles. The first kappa shape index (κ1) is 21.3. The van der Waals surface area contributed by atoms with E-state index in [-0.39, 0.29) is 48.8 Å². The van der Waals surface area contributed by atoms with E-state index in [1.807, 2.05) is 0 Å². The molecule has 2 unspecified atom stereocenters. The molecule has 4 rings (SSSR count). The molecule has 10 nitrogen and oxygen atoms in total. The number of imide groups is 1. The van der Waals surface area contributed by atoms with Crippen LogP contribution in [-0.4, -0.2) is 61.3 Å². The fraction of sp³-hybridized carbons (Fsp3) is 0.500. The topological polar surface area (TPSA) is 139 Å². The Hall–Kier alpha value is -2.95. The van der Waals surface area contributed by atoms with Gasteiger partial charge >= 0.3 is 6.09 Å². The van der Waals surface area contributed by atoms with Crippen molar-refractivity contribution in [2.75, 3.05) is 18.1 Å². The summed E-state index contributed by atoms with van der Waals surface area (Å²) in [7, 11) is -3.02. The summed E-state index contributed by atoms with van der Waals surface area (Å²) < 4.78 is 28.0. The Balaban J connectivity index is 1.31. The van der Waals surface area contributed by atoms with Crippen LogP contribution in [0.5, 0.6) is 0 Å². The average Bonchev–Trinajstić information content (AvgIpc) is 3.23. The number of piperidine rings is 1. The highest BCUT2D eigenvalue weighted by Crippen LogP contribution is 2.28. The molecule has 3 aliphatic heterocycles. The first-order valence-electron chi connectivity index (χ1n) is 10.1. The Morgan fingerprint density at radius 1 is 1.23 bits per heavy atom. The number of amides is 4. The molecule has 4 amide bonds. The van der Waals surface area contributed by atoms with E-state index in [9.17, 15) is 27.6 Å². The van der Waals surface area contributed by atoms with Gasteiger partial charge in [0.05, 0.1) is 18.1 Å². The third-order valence-corrected chi connectivity index (χ3v) is 7.64. The summed E-state index contributed by atoms with van der Waals surface area (Å²) in [4.78, 5) is 49.7. The van der Waals surface area contributed by atoms with E-state index < -0.39 is 27.9 Å². The van der Waals surface area contributed by atoms with Gasteiger partial charge in [-0.2, -0.15) is 0 Å². The fourth-order valence-corrected chi connectivity index (χ4v) is 5.97. The lowest BCUT2D eigenvalue weighted by Crippen LogP contribution is -2.52. The van der Waals surface area contributed by atoms with E-state index in [0.717, 1.165) is 5.56 Å². The quantitative estimate of drug-likeness (QED) is 0.608. The minimum Gasteiger partial charge on any atom is -0.449 e. The van der Waals surface area contributed by atoms with E-state index >= 15 is 0 Å². The maximum atomic E-state index is 12.8. The lowest BCUT2D eigenvalue weighted by Gasteiger charge is -2.29. The fourth-order valence-electron chi connectivity index (χ4n) is 4.13. The molecule has 3 aliphatic rings. The van der Waals surface area contributed by atoms with Crippen molar-refractivity contribution in [3.8, 4) is 0 Å². The number of nitrogens with zero attached hydrogens (tertiary/aromatic N) is 1. The molecule has 1 aromatic carbocycles. The number of carbonyl (C=O) groups is 4. The minimum absolute atomic E-state index is 0.0386. The molecule has 2 fully saturated rings. The van der Waals surface area contributed by atoms with Crippen LogP contribution < -0.4 is 10.6 Å². The molecule has 166 valence electrons. The Morgan fingerprint density at radius 2 is 2.03 bits per heavy atom. The summed E-state index contributed by atoms with van der Waals surface area (Å²) in [6.07, 6.45) is 0.334. The van der Waals surface area contributed by atoms with Gasteiger partial charge < -0.3 is 15.0 Å². The van der Waals surface area contributed by atoms with E-state index in [1.54, 1.807) is 18.2 Å². The van der Waals surface area contributed by atoms with Crippen molar-refractivity contribution in [3.63, 3.8) is 0 Å². The SMILES string of the molecule is O=C1CCC(N2Cc3ccc(CNC(=O)OCC4CCS(=O)(=O)C4)cc3C2=O)C(=O)N1. The zero-order valence-corrected chi connectivity index (χ0v) is 17.6. The standard InChI is InChI=1S/C20H23N3O7S/c24-17-4-3-16(18(25)22-17)23-9-14-2-1-12(7-15(14)19(23)26)8-21-20(27)30-10-13-5-6-31(28,29)11-13/h1-2,7,13,16H,3-6,8-11H2,(H,21,27)(H,22,24,25). The second-order valence-corrected chi connectivity index (χ2v) is 10.3. The molecule has 0 radical (unpaired) electrons. The number of benzene rings is 1. The molecule has 2 atom stereocenters. The first-order valence-corrected chi connectivity index (χ1v) is 11.9. The first-order chi connectivity index (χ1) is 14.7. The number of ether oxygens (including phenoxy) is 1. The lowest BCUT2D eigenvalue weighted by molar-refractivity contribution is -0.136. The number of fused-ring (bicyclic) bond motifs is 1. The minimum atomic E-state index is -3.02. The van der Waals surface area contributed by atoms with Crippen LogP contribution in [0.1, 0.15) is 40.7 Å². The number of sulfone groups is 1. The van der Waals surface area contributed by atoms with Crippen LogP contribution in [-0.2, 0) is 37.3 Å². The Bertz CT molecular complexity index is 1050. The summed E-state index contributed by atoms with van der Waals surface area (Å²) in [5.74, 6) is -1.08. The van der Waals surface area contributed by atoms with Gasteiger partial charge in [0.15, 0.2) is 9.84 Å². The van der Waals surface area contributed by atoms with Gasteiger partial charge in [-0.1, -0.05) is 12.1 Å². The third-order valence-electron chi connectivity index (χ3n) is 5.81. The van der Waals surface area contributed by atoms with Gasteiger partial charge in [-0.25, -0.2) is 13.2 Å². The van der Waals surface area contributed by atoms with Gasteiger partial charge in [-0.3, -0.25) is 19.7 Å². The number of nitrogens with one attached hydrogen (secondary N) is 2. The largest absolute Gasteiger partial charge is 0.449 e. The molecule has 0 saturated carbocycles. The van der Waals surface area contributed by atoms with Crippen LogP contribution >= 0.6 is 0 Å². The van der Waals surface area contributed by atoms with Crippen molar-refractivity contribution in [2.45, 2.75) is 38.4 Å². The van der Waals surface area contributed by atoms with Gasteiger partial charge in [0.2, 0.25) is 11.8 Å². The second kappa shape index (κ2) is 8.29. The van der Waals surface area contributed by atoms with Gasteiger partial charge in [0.1, 0.15) is 6.04 Å².